The Balaban J connectivity index is 2.01. The van der Waals surface area contributed by atoms with Crippen LogP contribution in [-0.2, 0) is 0 Å². The highest BCUT2D eigenvalue weighted by Gasteiger charge is 2.06. The number of rotatable bonds is 3. The number of hydrogen-bond donors (Lipinski definition) is 1. The van der Waals surface area contributed by atoms with Gasteiger partial charge in [-0.2, -0.15) is 0 Å². The van der Waals surface area contributed by atoms with E-state index in [9.17, 15) is 0 Å². The van der Waals surface area contributed by atoms with Gasteiger partial charge in [-0.1, -0.05) is 6.07 Å². The van der Waals surface area contributed by atoms with Gasteiger partial charge in [0.25, 0.3) is 0 Å². The van der Waals surface area contributed by atoms with Crippen molar-refractivity contribution in [1.82, 2.24) is 4.98 Å². The number of aromatic nitrogens is 1. The van der Waals surface area contributed by atoms with Gasteiger partial charge in [0.05, 0.1) is 18.3 Å². The van der Waals surface area contributed by atoms with Crippen LogP contribution in [-0.4, -0.2) is 12.1 Å². The van der Waals surface area contributed by atoms with Crippen molar-refractivity contribution in [3.8, 4) is 17.2 Å². The first-order chi connectivity index (χ1) is 9.78. The number of ether oxygens (including phenoxy) is 2. The molecule has 0 aliphatic rings. The Bertz CT molecular complexity index is 751. The predicted octanol–water partition coefficient (Wildman–Crippen LogP) is 3.62. The van der Waals surface area contributed by atoms with Crippen LogP contribution in [0, 0.1) is 0 Å². The second-order valence-electron chi connectivity index (χ2n) is 4.33. The molecule has 3 rings (SSSR count). The molecular formula is C16H14N2O2. The van der Waals surface area contributed by atoms with E-state index >= 15 is 0 Å². The molecule has 0 aliphatic heterocycles. The summed E-state index contributed by atoms with van der Waals surface area (Å²) in [6, 6.07) is 15.0. The van der Waals surface area contributed by atoms with Gasteiger partial charge in [0.1, 0.15) is 17.2 Å². The molecular weight excluding hydrogens is 252 g/mol. The molecule has 20 heavy (non-hydrogen) atoms. The van der Waals surface area contributed by atoms with Gasteiger partial charge in [-0.25, -0.2) is 0 Å². The van der Waals surface area contributed by atoms with Gasteiger partial charge in [-0.05, 0) is 36.4 Å². The van der Waals surface area contributed by atoms with Crippen molar-refractivity contribution in [2.24, 2.45) is 0 Å². The predicted molar refractivity (Wildman–Crippen MR) is 79.2 cm³/mol. The molecule has 3 aromatic rings. The number of nitrogens with two attached hydrogens (primary N) is 1. The Morgan fingerprint density at radius 1 is 1.00 bits per heavy atom. The summed E-state index contributed by atoms with van der Waals surface area (Å²) >= 11 is 0. The Morgan fingerprint density at radius 3 is 2.75 bits per heavy atom. The number of nitrogen functional groups attached to an aromatic ring is 1. The summed E-state index contributed by atoms with van der Waals surface area (Å²) in [7, 11) is 1.58. The third kappa shape index (κ3) is 2.23. The van der Waals surface area contributed by atoms with Gasteiger partial charge < -0.3 is 15.2 Å². The maximum Gasteiger partial charge on any atom is 0.145 e. The number of hydrogen-bond acceptors (Lipinski definition) is 4. The molecule has 0 bridgehead atoms. The van der Waals surface area contributed by atoms with Crippen molar-refractivity contribution in [2.75, 3.05) is 12.8 Å². The second-order valence-corrected chi connectivity index (χ2v) is 4.33. The van der Waals surface area contributed by atoms with Crippen LogP contribution in [0.25, 0.3) is 10.9 Å². The molecule has 0 saturated carbocycles. The topological polar surface area (TPSA) is 57.4 Å². The second kappa shape index (κ2) is 5.09. The van der Waals surface area contributed by atoms with E-state index in [-0.39, 0.29) is 0 Å². The van der Waals surface area contributed by atoms with E-state index in [0.717, 1.165) is 16.7 Å². The van der Waals surface area contributed by atoms with Crippen LogP contribution in [0.15, 0.2) is 54.7 Å². The summed E-state index contributed by atoms with van der Waals surface area (Å²) in [4.78, 5) is 4.31. The van der Waals surface area contributed by atoms with Crippen LogP contribution in [0.4, 0.5) is 5.69 Å². The number of benzene rings is 2. The first-order valence-electron chi connectivity index (χ1n) is 6.23. The molecule has 0 saturated heterocycles. The van der Waals surface area contributed by atoms with Gasteiger partial charge in [-0.15, -0.1) is 0 Å². The molecule has 0 fully saturated rings. The van der Waals surface area contributed by atoms with Crippen LogP contribution in [0.1, 0.15) is 0 Å². The van der Waals surface area contributed by atoms with Crippen LogP contribution in [0.3, 0.4) is 0 Å². The van der Waals surface area contributed by atoms with Crippen LogP contribution >= 0.6 is 0 Å². The van der Waals surface area contributed by atoms with Crippen molar-refractivity contribution in [1.29, 1.82) is 0 Å². The zero-order chi connectivity index (χ0) is 13.9. The summed E-state index contributed by atoms with van der Waals surface area (Å²) in [5.41, 5.74) is 7.27. The number of pyridine rings is 1. The Morgan fingerprint density at radius 2 is 1.90 bits per heavy atom. The Kier molecular flexibility index (Phi) is 3.13. The molecule has 2 aromatic carbocycles. The minimum atomic E-state index is 0.583. The molecule has 4 heteroatoms. The van der Waals surface area contributed by atoms with Crippen molar-refractivity contribution < 1.29 is 9.47 Å². The number of anilines is 1. The molecule has 1 heterocycles. The molecule has 0 spiro atoms. The molecule has 0 radical (unpaired) electrons. The maximum absolute atomic E-state index is 5.91. The summed E-state index contributed by atoms with van der Waals surface area (Å²) in [6.45, 7) is 0. The third-order valence-corrected chi connectivity index (χ3v) is 3.04. The van der Waals surface area contributed by atoms with E-state index in [1.807, 2.05) is 36.4 Å². The van der Waals surface area contributed by atoms with Gasteiger partial charge in [-0.3, -0.25) is 4.98 Å². The van der Waals surface area contributed by atoms with Crippen LogP contribution in [0.2, 0.25) is 0 Å². The monoisotopic (exact) mass is 266 g/mol. The lowest BCUT2D eigenvalue weighted by molar-refractivity contribution is 0.411. The lowest BCUT2D eigenvalue weighted by Gasteiger charge is -2.10. The number of fused-ring (bicyclic) bond motifs is 1. The molecule has 0 atom stereocenters. The lowest BCUT2D eigenvalue weighted by Crippen LogP contribution is -1.93. The van der Waals surface area contributed by atoms with E-state index in [2.05, 4.69) is 4.98 Å². The van der Waals surface area contributed by atoms with Crippen molar-refractivity contribution in [3.05, 3.63) is 54.7 Å². The first-order valence-corrected chi connectivity index (χ1v) is 6.23. The normalized spacial score (nSPS) is 10.4. The molecule has 2 N–H and O–H groups in total. The summed E-state index contributed by atoms with van der Waals surface area (Å²) in [5, 5.41) is 0.964. The zero-order valence-corrected chi connectivity index (χ0v) is 11.0. The lowest BCUT2D eigenvalue weighted by atomic mass is 10.2. The van der Waals surface area contributed by atoms with Gasteiger partial charge >= 0.3 is 0 Å². The highest BCUT2D eigenvalue weighted by Crippen LogP contribution is 2.32. The van der Waals surface area contributed by atoms with Gasteiger partial charge in [0.2, 0.25) is 0 Å². The summed E-state index contributed by atoms with van der Waals surface area (Å²) in [5.74, 6) is 2.02. The van der Waals surface area contributed by atoms with Crippen LogP contribution < -0.4 is 15.2 Å². The van der Waals surface area contributed by atoms with E-state index in [1.165, 1.54) is 0 Å². The Labute approximate surface area is 116 Å². The standard InChI is InChI=1S/C16H14N2O2/c1-19-16-10-11(7-8-13(16)17)20-15-6-2-5-14-12(15)4-3-9-18-14/h2-10H,17H2,1H3. The summed E-state index contributed by atoms with van der Waals surface area (Å²) in [6.07, 6.45) is 1.76. The fourth-order valence-electron chi connectivity index (χ4n) is 2.05. The Hall–Kier alpha value is -2.75. The van der Waals surface area contributed by atoms with E-state index in [0.29, 0.717) is 17.2 Å². The SMILES string of the molecule is COc1cc(Oc2cccc3ncccc23)ccc1N. The smallest absolute Gasteiger partial charge is 0.145 e. The van der Waals surface area contributed by atoms with E-state index in [1.54, 1.807) is 25.4 Å². The van der Waals surface area contributed by atoms with Crippen LogP contribution in [0.5, 0.6) is 17.2 Å². The molecule has 1 aromatic heterocycles. The molecule has 4 nitrogen and oxygen atoms in total. The largest absolute Gasteiger partial charge is 0.494 e. The minimum Gasteiger partial charge on any atom is -0.494 e. The zero-order valence-electron chi connectivity index (χ0n) is 11.0. The molecule has 0 amide bonds. The average molecular weight is 266 g/mol. The van der Waals surface area contributed by atoms with Gasteiger partial charge in [0.15, 0.2) is 0 Å². The number of nitrogens with zero attached hydrogens (tertiary/aromatic N) is 1. The fourth-order valence-corrected chi connectivity index (χ4v) is 2.05. The summed E-state index contributed by atoms with van der Waals surface area (Å²) < 4.78 is 11.1. The van der Waals surface area contributed by atoms with Gasteiger partial charge in [0, 0.05) is 17.6 Å². The maximum atomic E-state index is 5.91. The van der Waals surface area contributed by atoms with Crippen molar-refractivity contribution >= 4 is 16.6 Å². The third-order valence-electron chi connectivity index (χ3n) is 3.04. The van der Waals surface area contributed by atoms with E-state index < -0.39 is 0 Å². The first kappa shape index (κ1) is 12.3. The minimum absolute atomic E-state index is 0.583. The highest BCUT2D eigenvalue weighted by atomic mass is 16.5. The van der Waals surface area contributed by atoms with Crippen molar-refractivity contribution in [2.45, 2.75) is 0 Å². The molecule has 0 unspecified atom stereocenters. The average Bonchev–Trinajstić information content (AvgIpc) is 2.49. The fraction of sp³-hybridized carbons (Fsp3) is 0.0625. The molecule has 100 valence electrons. The van der Waals surface area contributed by atoms with E-state index in [4.69, 9.17) is 15.2 Å². The molecule has 0 aliphatic carbocycles. The quantitative estimate of drug-likeness (QED) is 0.736. The number of methoxy groups -OCH3 is 1. The van der Waals surface area contributed by atoms with Crippen molar-refractivity contribution in [3.63, 3.8) is 0 Å². The highest BCUT2D eigenvalue weighted by molar-refractivity contribution is 5.85.